The third-order valence-electron chi connectivity index (χ3n) is 3.50. The van der Waals surface area contributed by atoms with Crippen LogP contribution in [0.2, 0.25) is 0 Å². The van der Waals surface area contributed by atoms with Gasteiger partial charge in [0, 0.05) is 7.05 Å². The summed E-state index contributed by atoms with van der Waals surface area (Å²) < 4.78 is 6.65. The number of nitrogens with two attached hydrogens (primary N) is 1. The number of aryl methyl sites for hydroxylation is 2. The van der Waals surface area contributed by atoms with Crippen molar-refractivity contribution in [3.05, 3.63) is 48.0 Å². The summed E-state index contributed by atoms with van der Waals surface area (Å²) in [6.07, 6.45) is 2.00. The minimum atomic E-state index is -0.806. The predicted molar refractivity (Wildman–Crippen MR) is 80.6 cm³/mol. The molecule has 0 spiro atoms. The summed E-state index contributed by atoms with van der Waals surface area (Å²) in [5, 5.41) is 18.1. The lowest BCUT2D eigenvalue weighted by atomic mass is 10.1. The molecule has 114 valence electrons. The van der Waals surface area contributed by atoms with Crippen LogP contribution in [-0.4, -0.2) is 25.0 Å². The number of nitrogens with zero attached hydrogens (tertiary/aromatic N) is 4. The predicted octanol–water partition coefficient (Wildman–Crippen LogP) is 1.72. The summed E-state index contributed by atoms with van der Waals surface area (Å²) in [5.41, 5.74) is 7.61. The van der Waals surface area contributed by atoms with E-state index in [9.17, 15) is 5.11 Å². The molecule has 22 heavy (non-hydrogen) atoms. The van der Waals surface area contributed by atoms with E-state index in [1.54, 1.807) is 13.2 Å². The van der Waals surface area contributed by atoms with Gasteiger partial charge in [0.2, 0.25) is 5.82 Å². The first-order valence-corrected chi connectivity index (χ1v) is 6.98. The maximum Gasteiger partial charge on any atom is 0.255 e. The van der Waals surface area contributed by atoms with Crippen molar-refractivity contribution in [3.63, 3.8) is 0 Å². The van der Waals surface area contributed by atoms with Gasteiger partial charge in [-0.1, -0.05) is 35.5 Å². The molecule has 7 heteroatoms. The van der Waals surface area contributed by atoms with Crippen LogP contribution in [0.25, 0.3) is 11.4 Å². The van der Waals surface area contributed by atoms with Crippen molar-refractivity contribution in [2.75, 3.05) is 5.73 Å². The second-order valence-corrected chi connectivity index (χ2v) is 5.06. The standard InChI is InChI=1S/C15H17N5O2/c1-20-13(16)11(9-17-20)14-18-15(22-19-14)12(21)8-7-10-5-3-2-4-6-10/h2-6,9,12,21H,7-8,16H2,1H3. The van der Waals surface area contributed by atoms with Crippen molar-refractivity contribution in [2.24, 2.45) is 7.05 Å². The summed E-state index contributed by atoms with van der Waals surface area (Å²) in [6, 6.07) is 9.93. The first-order valence-electron chi connectivity index (χ1n) is 6.98. The molecule has 3 aromatic rings. The van der Waals surface area contributed by atoms with Gasteiger partial charge in [0.05, 0.1) is 11.8 Å². The van der Waals surface area contributed by atoms with Crippen molar-refractivity contribution in [3.8, 4) is 11.4 Å². The van der Waals surface area contributed by atoms with E-state index in [2.05, 4.69) is 15.2 Å². The van der Waals surface area contributed by atoms with Crippen molar-refractivity contribution in [2.45, 2.75) is 18.9 Å². The molecule has 1 aromatic carbocycles. The number of aliphatic hydroxyl groups is 1. The van der Waals surface area contributed by atoms with Gasteiger partial charge in [-0.2, -0.15) is 10.1 Å². The van der Waals surface area contributed by atoms with Crippen molar-refractivity contribution >= 4 is 5.82 Å². The molecule has 0 saturated heterocycles. The van der Waals surface area contributed by atoms with E-state index >= 15 is 0 Å². The van der Waals surface area contributed by atoms with Gasteiger partial charge in [0.15, 0.2) is 0 Å². The third-order valence-corrected chi connectivity index (χ3v) is 3.50. The molecule has 0 saturated carbocycles. The molecule has 0 aliphatic rings. The van der Waals surface area contributed by atoms with Gasteiger partial charge in [-0.25, -0.2) is 0 Å². The summed E-state index contributed by atoms with van der Waals surface area (Å²) in [6.45, 7) is 0. The molecule has 3 N–H and O–H groups in total. The van der Waals surface area contributed by atoms with Gasteiger partial charge >= 0.3 is 0 Å². The minimum absolute atomic E-state index is 0.189. The van der Waals surface area contributed by atoms with Crippen LogP contribution in [0.3, 0.4) is 0 Å². The minimum Gasteiger partial charge on any atom is -0.383 e. The van der Waals surface area contributed by atoms with Gasteiger partial charge in [-0.3, -0.25) is 4.68 Å². The van der Waals surface area contributed by atoms with Gasteiger partial charge in [-0.15, -0.1) is 0 Å². The highest BCUT2D eigenvalue weighted by Gasteiger charge is 2.19. The van der Waals surface area contributed by atoms with E-state index in [1.165, 1.54) is 4.68 Å². The summed E-state index contributed by atoms with van der Waals surface area (Å²) in [7, 11) is 1.73. The number of aromatic nitrogens is 4. The van der Waals surface area contributed by atoms with Crippen molar-refractivity contribution in [1.29, 1.82) is 0 Å². The molecule has 0 amide bonds. The van der Waals surface area contributed by atoms with Crippen LogP contribution in [0.4, 0.5) is 5.82 Å². The van der Waals surface area contributed by atoms with Crippen LogP contribution in [0.1, 0.15) is 24.0 Å². The molecule has 0 fully saturated rings. The SMILES string of the molecule is Cn1ncc(-c2noc(C(O)CCc3ccccc3)n2)c1N. The average molecular weight is 299 g/mol. The molecule has 2 aromatic heterocycles. The molecule has 0 radical (unpaired) electrons. The quantitative estimate of drug-likeness (QED) is 0.743. The summed E-state index contributed by atoms with van der Waals surface area (Å²) in [5.74, 6) is 0.972. The number of aliphatic hydroxyl groups excluding tert-OH is 1. The molecule has 3 rings (SSSR count). The smallest absolute Gasteiger partial charge is 0.255 e. The Bertz CT molecular complexity index is 750. The number of benzene rings is 1. The summed E-state index contributed by atoms with van der Waals surface area (Å²) >= 11 is 0. The van der Waals surface area contributed by atoms with E-state index in [-0.39, 0.29) is 5.89 Å². The normalized spacial score (nSPS) is 12.5. The fraction of sp³-hybridized carbons (Fsp3) is 0.267. The summed E-state index contributed by atoms with van der Waals surface area (Å²) in [4.78, 5) is 4.21. The molecule has 0 aliphatic carbocycles. The number of rotatable bonds is 5. The number of hydrogen-bond donors (Lipinski definition) is 2. The van der Waals surface area contributed by atoms with E-state index in [1.807, 2.05) is 30.3 Å². The van der Waals surface area contributed by atoms with Crippen LogP contribution in [0, 0.1) is 0 Å². The van der Waals surface area contributed by atoms with E-state index in [0.29, 0.717) is 23.6 Å². The molecule has 1 unspecified atom stereocenters. The molecular weight excluding hydrogens is 282 g/mol. The van der Waals surface area contributed by atoms with Crippen molar-refractivity contribution < 1.29 is 9.63 Å². The topological polar surface area (TPSA) is 103 Å². The Balaban J connectivity index is 1.69. The molecule has 0 aliphatic heterocycles. The molecular formula is C15H17N5O2. The molecule has 1 atom stereocenters. The maximum absolute atomic E-state index is 10.2. The van der Waals surface area contributed by atoms with Gasteiger partial charge in [0.1, 0.15) is 11.9 Å². The Morgan fingerprint density at radius 1 is 1.32 bits per heavy atom. The Hall–Kier alpha value is -2.67. The second-order valence-electron chi connectivity index (χ2n) is 5.06. The van der Waals surface area contributed by atoms with Crippen LogP contribution in [0.15, 0.2) is 41.1 Å². The fourth-order valence-corrected chi connectivity index (χ4v) is 2.17. The fourth-order valence-electron chi connectivity index (χ4n) is 2.17. The molecule has 2 heterocycles. The maximum atomic E-state index is 10.2. The zero-order valence-corrected chi connectivity index (χ0v) is 12.2. The van der Waals surface area contributed by atoms with E-state index in [0.717, 1.165) is 12.0 Å². The largest absolute Gasteiger partial charge is 0.383 e. The Morgan fingerprint density at radius 3 is 2.77 bits per heavy atom. The first kappa shape index (κ1) is 14.3. The number of nitrogen functional groups attached to an aromatic ring is 1. The number of hydrogen-bond acceptors (Lipinski definition) is 6. The lowest BCUT2D eigenvalue weighted by Gasteiger charge is -2.05. The van der Waals surface area contributed by atoms with Crippen LogP contribution in [-0.2, 0) is 13.5 Å². The van der Waals surface area contributed by atoms with Crippen LogP contribution >= 0.6 is 0 Å². The monoisotopic (exact) mass is 299 g/mol. The van der Waals surface area contributed by atoms with Gasteiger partial charge in [0.25, 0.3) is 5.89 Å². The molecule has 0 bridgehead atoms. The Kier molecular flexibility index (Phi) is 3.88. The molecule has 7 nitrogen and oxygen atoms in total. The second kappa shape index (κ2) is 5.98. The highest BCUT2D eigenvalue weighted by molar-refractivity contribution is 5.67. The van der Waals surface area contributed by atoms with Crippen molar-refractivity contribution in [1.82, 2.24) is 19.9 Å². The highest BCUT2D eigenvalue weighted by atomic mass is 16.5. The lowest BCUT2D eigenvalue weighted by molar-refractivity contribution is 0.125. The zero-order chi connectivity index (χ0) is 15.5. The van der Waals surface area contributed by atoms with Gasteiger partial charge in [-0.05, 0) is 18.4 Å². The first-order chi connectivity index (χ1) is 10.6. The van der Waals surface area contributed by atoms with E-state index < -0.39 is 6.10 Å². The Morgan fingerprint density at radius 2 is 2.09 bits per heavy atom. The lowest BCUT2D eigenvalue weighted by Crippen LogP contribution is -2.00. The zero-order valence-electron chi connectivity index (χ0n) is 12.2. The Labute approximate surface area is 127 Å². The highest BCUT2D eigenvalue weighted by Crippen LogP contribution is 2.25. The third kappa shape index (κ3) is 2.84. The van der Waals surface area contributed by atoms with E-state index in [4.69, 9.17) is 10.3 Å². The van der Waals surface area contributed by atoms with Crippen LogP contribution < -0.4 is 5.73 Å². The van der Waals surface area contributed by atoms with Crippen LogP contribution in [0.5, 0.6) is 0 Å². The average Bonchev–Trinajstić information content (AvgIpc) is 3.14. The van der Waals surface area contributed by atoms with Gasteiger partial charge < -0.3 is 15.4 Å². The number of anilines is 1.